The van der Waals surface area contributed by atoms with Crippen LogP contribution < -0.4 is 5.32 Å². The van der Waals surface area contributed by atoms with Crippen molar-refractivity contribution in [1.29, 1.82) is 5.26 Å². The highest BCUT2D eigenvalue weighted by Gasteiger charge is 2.29. The molecular weight excluding hydrogens is 314 g/mol. The number of sulfone groups is 1. The minimum absolute atomic E-state index is 0.0425. The summed E-state index contributed by atoms with van der Waals surface area (Å²) < 4.78 is 22.9. The van der Waals surface area contributed by atoms with Gasteiger partial charge in [0.05, 0.1) is 11.5 Å². The van der Waals surface area contributed by atoms with Gasteiger partial charge in [-0.25, -0.2) is 8.42 Å². The van der Waals surface area contributed by atoms with Gasteiger partial charge in [-0.1, -0.05) is 18.2 Å². The largest absolute Gasteiger partial charge is 0.361 e. The maximum Gasteiger partial charge on any atom is 0.262 e. The number of benzene rings is 1. The van der Waals surface area contributed by atoms with Crippen LogP contribution in [0.2, 0.25) is 0 Å². The normalized spacial score (nSPS) is 20.3. The van der Waals surface area contributed by atoms with E-state index in [1.54, 1.807) is 6.20 Å². The Morgan fingerprint density at radius 2 is 2.17 bits per heavy atom. The number of nitrogens with one attached hydrogen (secondary N) is 2. The zero-order valence-electron chi connectivity index (χ0n) is 12.2. The van der Waals surface area contributed by atoms with Crippen molar-refractivity contribution in [3.05, 3.63) is 41.6 Å². The van der Waals surface area contributed by atoms with Gasteiger partial charge in [0, 0.05) is 28.7 Å². The van der Waals surface area contributed by atoms with Crippen LogP contribution in [0.1, 0.15) is 12.0 Å². The van der Waals surface area contributed by atoms with Crippen molar-refractivity contribution in [2.24, 2.45) is 0 Å². The molecule has 1 aliphatic heterocycles. The van der Waals surface area contributed by atoms with Crippen molar-refractivity contribution in [1.82, 2.24) is 10.3 Å². The molecule has 0 aliphatic carbocycles. The molecule has 1 saturated heterocycles. The quantitative estimate of drug-likeness (QED) is 0.656. The van der Waals surface area contributed by atoms with Crippen LogP contribution in [0.15, 0.2) is 36.0 Å². The number of rotatable bonds is 3. The first-order chi connectivity index (χ1) is 11.0. The minimum atomic E-state index is -3.07. The number of carbonyl (C=O) groups is 1. The third-order valence-electron chi connectivity index (χ3n) is 3.85. The maximum absolute atomic E-state index is 12.2. The highest BCUT2D eigenvalue weighted by atomic mass is 32.2. The number of para-hydroxylation sites is 1. The topological polar surface area (TPSA) is 103 Å². The van der Waals surface area contributed by atoms with E-state index >= 15 is 0 Å². The first kappa shape index (κ1) is 15.3. The lowest BCUT2D eigenvalue weighted by molar-refractivity contribution is -0.117. The first-order valence-electron chi connectivity index (χ1n) is 7.18. The number of hydrogen-bond acceptors (Lipinski definition) is 4. The predicted octanol–water partition coefficient (Wildman–Crippen LogP) is 1.38. The van der Waals surface area contributed by atoms with Crippen LogP contribution in [0.5, 0.6) is 0 Å². The smallest absolute Gasteiger partial charge is 0.262 e. The van der Waals surface area contributed by atoms with Crippen molar-refractivity contribution in [2.45, 2.75) is 12.5 Å². The van der Waals surface area contributed by atoms with Crippen molar-refractivity contribution in [3.8, 4) is 6.07 Å². The molecule has 0 radical (unpaired) electrons. The van der Waals surface area contributed by atoms with Crippen molar-refractivity contribution in [2.75, 3.05) is 11.5 Å². The molecule has 1 atom stereocenters. The van der Waals surface area contributed by atoms with Crippen molar-refractivity contribution >= 4 is 32.7 Å². The Hall–Kier alpha value is -2.59. The molecular formula is C16H15N3O3S. The Morgan fingerprint density at radius 1 is 1.39 bits per heavy atom. The lowest BCUT2D eigenvalue weighted by Gasteiger charge is -2.09. The second-order valence-electron chi connectivity index (χ2n) is 5.53. The van der Waals surface area contributed by atoms with Crippen LogP contribution in [-0.4, -0.2) is 36.9 Å². The van der Waals surface area contributed by atoms with Crippen molar-refractivity contribution in [3.63, 3.8) is 0 Å². The third kappa shape index (κ3) is 3.27. The molecule has 118 valence electrons. The van der Waals surface area contributed by atoms with Crippen LogP contribution in [0, 0.1) is 11.3 Å². The summed E-state index contributed by atoms with van der Waals surface area (Å²) in [5.74, 6) is -0.531. The molecule has 1 amide bonds. The summed E-state index contributed by atoms with van der Waals surface area (Å²) in [5.41, 5.74) is 1.61. The van der Waals surface area contributed by atoms with Gasteiger partial charge in [-0.2, -0.15) is 5.26 Å². The molecule has 0 saturated carbocycles. The summed E-state index contributed by atoms with van der Waals surface area (Å²) in [5, 5.41) is 12.8. The number of fused-ring (bicyclic) bond motifs is 1. The highest BCUT2D eigenvalue weighted by Crippen LogP contribution is 2.20. The van der Waals surface area contributed by atoms with E-state index in [0.717, 1.165) is 16.5 Å². The molecule has 3 rings (SSSR count). The van der Waals surface area contributed by atoms with Crippen molar-refractivity contribution < 1.29 is 13.2 Å². The zero-order valence-corrected chi connectivity index (χ0v) is 13.1. The molecule has 23 heavy (non-hydrogen) atoms. The summed E-state index contributed by atoms with van der Waals surface area (Å²) in [6, 6.07) is 9.03. The number of aromatic nitrogens is 1. The van der Waals surface area contributed by atoms with Crippen LogP contribution in [0.4, 0.5) is 0 Å². The zero-order chi connectivity index (χ0) is 16.4. The maximum atomic E-state index is 12.2. The van der Waals surface area contributed by atoms with Gasteiger partial charge in [0.2, 0.25) is 0 Å². The number of aromatic amines is 1. The van der Waals surface area contributed by atoms with Gasteiger partial charge >= 0.3 is 0 Å². The molecule has 7 heteroatoms. The number of H-pyrrole nitrogens is 1. The lowest BCUT2D eigenvalue weighted by atomic mass is 10.1. The molecule has 1 aliphatic rings. The summed E-state index contributed by atoms with van der Waals surface area (Å²) in [4.78, 5) is 15.3. The number of hydrogen-bond donors (Lipinski definition) is 2. The van der Waals surface area contributed by atoms with Gasteiger partial charge < -0.3 is 10.3 Å². The minimum Gasteiger partial charge on any atom is -0.361 e. The van der Waals surface area contributed by atoms with E-state index in [-0.39, 0.29) is 17.1 Å². The monoisotopic (exact) mass is 329 g/mol. The van der Waals surface area contributed by atoms with E-state index in [4.69, 9.17) is 0 Å². The van der Waals surface area contributed by atoms with Gasteiger partial charge in [0.1, 0.15) is 11.6 Å². The van der Waals surface area contributed by atoms with Gasteiger partial charge in [0.15, 0.2) is 9.84 Å². The van der Waals surface area contributed by atoms with E-state index in [9.17, 15) is 18.5 Å². The van der Waals surface area contributed by atoms with E-state index in [0.29, 0.717) is 6.42 Å². The van der Waals surface area contributed by atoms with Crippen LogP contribution >= 0.6 is 0 Å². The predicted molar refractivity (Wildman–Crippen MR) is 87.1 cm³/mol. The van der Waals surface area contributed by atoms with E-state index in [1.807, 2.05) is 30.3 Å². The average Bonchev–Trinajstić information content (AvgIpc) is 3.08. The standard InChI is InChI=1S/C16H15N3O3S/c17-8-11(16(20)19-13-5-6-23(21,22)10-13)7-12-9-18-15-4-2-1-3-14(12)15/h1-4,7,9,13,18H,5-6,10H2,(H,19,20)/b11-7+/t13-/m0/s1. The SMILES string of the molecule is N#C/C(=C\c1c[nH]c2ccccc12)C(=O)N[C@H]1CCS(=O)(=O)C1. The number of amides is 1. The van der Waals surface area contributed by atoms with Crippen LogP contribution in [0.25, 0.3) is 17.0 Å². The van der Waals surface area contributed by atoms with E-state index < -0.39 is 21.8 Å². The Morgan fingerprint density at radius 3 is 2.87 bits per heavy atom. The molecule has 1 aromatic carbocycles. The molecule has 0 unspecified atom stereocenters. The number of nitriles is 1. The Balaban J connectivity index is 1.82. The highest BCUT2D eigenvalue weighted by molar-refractivity contribution is 7.91. The second kappa shape index (κ2) is 5.89. The van der Waals surface area contributed by atoms with Crippen LogP contribution in [-0.2, 0) is 14.6 Å². The Labute approximate surface area is 133 Å². The molecule has 1 aromatic heterocycles. The number of nitrogens with zero attached hydrogens (tertiary/aromatic N) is 1. The van der Waals surface area contributed by atoms with Crippen LogP contribution in [0.3, 0.4) is 0 Å². The van der Waals surface area contributed by atoms with Gasteiger partial charge in [0.25, 0.3) is 5.91 Å². The lowest BCUT2D eigenvalue weighted by Crippen LogP contribution is -2.36. The average molecular weight is 329 g/mol. The summed E-state index contributed by atoms with van der Waals surface area (Å²) in [6.45, 7) is 0. The molecule has 0 bridgehead atoms. The fraction of sp³-hybridized carbons (Fsp3) is 0.250. The third-order valence-corrected chi connectivity index (χ3v) is 5.62. The second-order valence-corrected chi connectivity index (χ2v) is 7.76. The fourth-order valence-corrected chi connectivity index (χ4v) is 4.36. The molecule has 1 fully saturated rings. The molecule has 0 spiro atoms. The summed E-state index contributed by atoms with van der Waals surface area (Å²) in [7, 11) is -3.07. The molecule has 2 aromatic rings. The first-order valence-corrected chi connectivity index (χ1v) is 9.00. The Bertz CT molecular complexity index is 935. The summed E-state index contributed by atoms with van der Waals surface area (Å²) in [6.07, 6.45) is 3.63. The molecule has 6 nitrogen and oxygen atoms in total. The fourth-order valence-electron chi connectivity index (χ4n) is 2.69. The molecule has 2 heterocycles. The summed E-state index contributed by atoms with van der Waals surface area (Å²) >= 11 is 0. The van der Waals surface area contributed by atoms with Gasteiger partial charge in [-0.3, -0.25) is 4.79 Å². The van der Waals surface area contributed by atoms with E-state index in [1.165, 1.54) is 6.08 Å². The molecule has 2 N–H and O–H groups in total. The van der Waals surface area contributed by atoms with E-state index in [2.05, 4.69) is 10.3 Å². The number of carbonyl (C=O) groups excluding carboxylic acids is 1. The van der Waals surface area contributed by atoms with Gasteiger partial charge in [-0.15, -0.1) is 0 Å². The van der Waals surface area contributed by atoms with Gasteiger partial charge in [-0.05, 0) is 18.6 Å². The Kier molecular flexibility index (Phi) is 3.92.